The highest BCUT2D eigenvalue weighted by atomic mass is 16.3. The van der Waals surface area contributed by atoms with E-state index < -0.39 is 0 Å². The number of hydrogen-bond donors (Lipinski definition) is 2. The van der Waals surface area contributed by atoms with Gasteiger partial charge < -0.3 is 10.8 Å². The van der Waals surface area contributed by atoms with Crippen LogP contribution in [0.1, 0.15) is 0 Å². The van der Waals surface area contributed by atoms with Crippen molar-refractivity contribution in [3.05, 3.63) is 48.8 Å². The average Bonchev–Trinajstić information content (AvgIpc) is 2.74. The number of para-hydroxylation sites is 1. The molecule has 0 fully saturated rings. The van der Waals surface area contributed by atoms with Gasteiger partial charge in [-0.3, -0.25) is 4.57 Å². The van der Waals surface area contributed by atoms with Crippen molar-refractivity contribution in [3.63, 3.8) is 0 Å². The van der Waals surface area contributed by atoms with E-state index in [1.54, 1.807) is 24.5 Å². The van der Waals surface area contributed by atoms with Crippen LogP contribution >= 0.6 is 0 Å². The van der Waals surface area contributed by atoms with Gasteiger partial charge >= 0.3 is 0 Å². The molecule has 4 heteroatoms. The summed E-state index contributed by atoms with van der Waals surface area (Å²) in [7, 11) is 0. The van der Waals surface area contributed by atoms with Gasteiger partial charge in [-0.05, 0) is 24.3 Å². The number of imidazole rings is 1. The Morgan fingerprint density at radius 3 is 2.76 bits per heavy atom. The summed E-state index contributed by atoms with van der Waals surface area (Å²) in [6, 6.07) is 12.6. The number of anilines is 1. The lowest BCUT2D eigenvalue weighted by atomic mass is 10.2. The van der Waals surface area contributed by atoms with E-state index in [1.165, 1.54) is 0 Å². The summed E-state index contributed by atoms with van der Waals surface area (Å²) in [6.07, 6.45) is 1.70. The van der Waals surface area contributed by atoms with Crippen molar-refractivity contribution in [1.29, 1.82) is 0 Å². The molecule has 0 bridgehead atoms. The van der Waals surface area contributed by atoms with Crippen LogP contribution in [-0.2, 0) is 0 Å². The zero-order chi connectivity index (χ0) is 11.8. The molecule has 84 valence electrons. The molecule has 0 atom stereocenters. The van der Waals surface area contributed by atoms with E-state index in [4.69, 9.17) is 5.73 Å². The third kappa shape index (κ3) is 1.50. The fourth-order valence-electron chi connectivity index (χ4n) is 1.93. The number of fused-ring (bicyclic) bond motifs is 1. The van der Waals surface area contributed by atoms with Gasteiger partial charge in [0.05, 0.1) is 22.4 Å². The lowest BCUT2D eigenvalue weighted by Crippen LogP contribution is -1.95. The van der Waals surface area contributed by atoms with Gasteiger partial charge in [0.2, 0.25) is 0 Å². The molecule has 0 unspecified atom stereocenters. The Morgan fingerprint density at radius 1 is 1.12 bits per heavy atom. The van der Waals surface area contributed by atoms with Crippen LogP contribution in [0, 0.1) is 0 Å². The van der Waals surface area contributed by atoms with Crippen molar-refractivity contribution in [2.45, 2.75) is 0 Å². The molecule has 17 heavy (non-hydrogen) atoms. The Labute approximate surface area is 97.9 Å². The van der Waals surface area contributed by atoms with E-state index in [1.807, 2.05) is 28.8 Å². The predicted octanol–water partition coefficient (Wildman–Crippen LogP) is 2.31. The maximum atomic E-state index is 9.49. The number of benzene rings is 2. The number of nitrogen functional groups attached to an aromatic ring is 1. The van der Waals surface area contributed by atoms with Crippen LogP contribution in [0.5, 0.6) is 5.75 Å². The molecule has 3 N–H and O–H groups in total. The van der Waals surface area contributed by atoms with E-state index in [2.05, 4.69) is 4.98 Å². The van der Waals surface area contributed by atoms with E-state index >= 15 is 0 Å². The van der Waals surface area contributed by atoms with Crippen LogP contribution in [0.4, 0.5) is 5.69 Å². The highest BCUT2D eigenvalue weighted by Crippen LogP contribution is 2.24. The Bertz CT molecular complexity index is 688. The third-order valence-electron chi connectivity index (χ3n) is 2.71. The Kier molecular flexibility index (Phi) is 2.01. The lowest BCUT2D eigenvalue weighted by Gasteiger charge is -2.06. The second kappa shape index (κ2) is 3.52. The molecule has 0 aliphatic rings. The smallest absolute Gasteiger partial charge is 0.117 e. The molecule has 0 saturated carbocycles. The Morgan fingerprint density at radius 2 is 1.94 bits per heavy atom. The predicted molar refractivity (Wildman–Crippen MR) is 67.1 cm³/mol. The molecule has 0 radical (unpaired) electrons. The molecule has 3 aromatic rings. The van der Waals surface area contributed by atoms with Gasteiger partial charge in [0, 0.05) is 6.07 Å². The number of aromatic hydroxyl groups is 1. The summed E-state index contributed by atoms with van der Waals surface area (Å²) in [6.45, 7) is 0. The number of rotatable bonds is 1. The molecule has 0 aliphatic heterocycles. The van der Waals surface area contributed by atoms with Gasteiger partial charge in [0.1, 0.15) is 12.1 Å². The van der Waals surface area contributed by atoms with E-state index in [-0.39, 0.29) is 5.75 Å². The monoisotopic (exact) mass is 225 g/mol. The van der Waals surface area contributed by atoms with Gasteiger partial charge in [0.25, 0.3) is 0 Å². The van der Waals surface area contributed by atoms with E-state index in [0.29, 0.717) is 5.69 Å². The molecular formula is C13H11N3O. The van der Waals surface area contributed by atoms with Crippen LogP contribution in [-0.4, -0.2) is 14.7 Å². The van der Waals surface area contributed by atoms with Gasteiger partial charge in [0.15, 0.2) is 0 Å². The Hall–Kier alpha value is -2.49. The van der Waals surface area contributed by atoms with Crippen LogP contribution in [0.2, 0.25) is 0 Å². The summed E-state index contributed by atoms with van der Waals surface area (Å²) < 4.78 is 1.87. The quantitative estimate of drug-likeness (QED) is 0.624. The first-order valence-electron chi connectivity index (χ1n) is 5.26. The number of aromatic nitrogens is 2. The number of hydrogen-bond acceptors (Lipinski definition) is 3. The van der Waals surface area contributed by atoms with E-state index in [9.17, 15) is 5.11 Å². The average molecular weight is 225 g/mol. The zero-order valence-corrected chi connectivity index (χ0v) is 9.04. The fourth-order valence-corrected chi connectivity index (χ4v) is 1.93. The first-order valence-corrected chi connectivity index (χ1v) is 5.26. The van der Waals surface area contributed by atoms with E-state index in [0.717, 1.165) is 16.7 Å². The maximum Gasteiger partial charge on any atom is 0.117 e. The molecule has 2 aromatic carbocycles. The second-order valence-corrected chi connectivity index (χ2v) is 3.85. The van der Waals surface area contributed by atoms with Crippen LogP contribution < -0.4 is 5.73 Å². The van der Waals surface area contributed by atoms with Crippen molar-refractivity contribution in [2.75, 3.05) is 5.73 Å². The molecule has 0 amide bonds. The third-order valence-corrected chi connectivity index (χ3v) is 2.71. The SMILES string of the molecule is Nc1cccc2ncn(-c3cccc(O)c3)c12. The number of nitrogens with two attached hydrogens (primary N) is 1. The molecule has 4 nitrogen and oxygen atoms in total. The van der Waals surface area contributed by atoms with Crippen LogP contribution in [0.3, 0.4) is 0 Å². The molecule has 0 saturated heterocycles. The van der Waals surface area contributed by atoms with Gasteiger partial charge in [-0.25, -0.2) is 4.98 Å². The van der Waals surface area contributed by atoms with Crippen LogP contribution in [0.15, 0.2) is 48.8 Å². The minimum absolute atomic E-state index is 0.221. The molecule has 0 aliphatic carbocycles. The summed E-state index contributed by atoms with van der Waals surface area (Å²) in [5.74, 6) is 0.221. The maximum absolute atomic E-state index is 9.49. The van der Waals surface area contributed by atoms with Gasteiger partial charge in [-0.1, -0.05) is 12.1 Å². The molecule has 1 aromatic heterocycles. The minimum Gasteiger partial charge on any atom is -0.508 e. The van der Waals surface area contributed by atoms with Crippen molar-refractivity contribution in [1.82, 2.24) is 9.55 Å². The molecule has 3 rings (SSSR count). The number of phenolic OH excluding ortho intramolecular Hbond substituents is 1. The van der Waals surface area contributed by atoms with Crippen molar-refractivity contribution >= 4 is 16.7 Å². The number of nitrogens with zero attached hydrogens (tertiary/aromatic N) is 2. The van der Waals surface area contributed by atoms with Crippen LogP contribution in [0.25, 0.3) is 16.7 Å². The number of phenols is 1. The topological polar surface area (TPSA) is 64.1 Å². The highest BCUT2D eigenvalue weighted by molar-refractivity contribution is 5.88. The lowest BCUT2D eigenvalue weighted by molar-refractivity contribution is 0.475. The first-order chi connectivity index (χ1) is 8.25. The zero-order valence-electron chi connectivity index (χ0n) is 9.04. The fraction of sp³-hybridized carbons (Fsp3) is 0. The molecule has 1 heterocycles. The summed E-state index contributed by atoms with van der Waals surface area (Å²) in [5.41, 5.74) is 9.16. The largest absolute Gasteiger partial charge is 0.508 e. The van der Waals surface area contributed by atoms with Gasteiger partial charge in [-0.2, -0.15) is 0 Å². The second-order valence-electron chi connectivity index (χ2n) is 3.85. The first kappa shape index (κ1) is 9.72. The van der Waals surface area contributed by atoms with Crippen molar-refractivity contribution in [3.8, 4) is 11.4 Å². The molecule has 0 spiro atoms. The van der Waals surface area contributed by atoms with Crippen molar-refractivity contribution in [2.24, 2.45) is 0 Å². The summed E-state index contributed by atoms with van der Waals surface area (Å²) in [4.78, 5) is 4.29. The Balaban J connectivity index is 2.31. The standard InChI is InChI=1S/C13H11N3O/c14-11-5-2-6-12-13(11)16(8-15-12)9-3-1-4-10(17)7-9/h1-8,17H,14H2. The summed E-state index contributed by atoms with van der Waals surface area (Å²) >= 11 is 0. The van der Waals surface area contributed by atoms with Gasteiger partial charge in [-0.15, -0.1) is 0 Å². The normalized spacial score (nSPS) is 10.8. The minimum atomic E-state index is 0.221. The van der Waals surface area contributed by atoms with Crippen molar-refractivity contribution < 1.29 is 5.11 Å². The molecular weight excluding hydrogens is 214 g/mol. The highest BCUT2D eigenvalue weighted by Gasteiger charge is 2.07. The summed E-state index contributed by atoms with van der Waals surface area (Å²) in [5, 5.41) is 9.49.